The van der Waals surface area contributed by atoms with Crippen LogP contribution in [0.5, 0.6) is 5.88 Å². The first-order valence-corrected chi connectivity index (χ1v) is 6.96. The van der Waals surface area contributed by atoms with Crippen molar-refractivity contribution in [1.29, 1.82) is 0 Å². The van der Waals surface area contributed by atoms with Gasteiger partial charge in [0.2, 0.25) is 5.88 Å². The van der Waals surface area contributed by atoms with Crippen LogP contribution in [-0.2, 0) is 13.6 Å². The van der Waals surface area contributed by atoms with Crippen molar-refractivity contribution in [3.63, 3.8) is 0 Å². The maximum atomic E-state index is 6.21. The predicted octanol–water partition coefficient (Wildman–Crippen LogP) is 3.24. The fourth-order valence-electron chi connectivity index (χ4n) is 2.33. The molecule has 2 rings (SSSR count). The molecule has 1 aromatic carbocycles. The van der Waals surface area contributed by atoms with Crippen molar-refractivity contribution in [2.75, 3.05) is 7.11 Å². The molecule has 0 aliphatic carbocycles. The molecular weight excluding hydrogens is 274 g/mol. The van der Waals surface area contributed by atoms with Crippen molar-refractivity contribution in [2.45, 2.75) is 26.4 Å². The topological polar surface area (TPSA) is 39.1 Å². The second-order valence-electron chi connectivity index (χ2n) is 4.82. The molecule has 108 valence electrons. The first kappa shape index (κ1) is 14.9. The molecule has 0 unspecified atom stereocenters. The molecule has 0 fully saturated rings. The molecular formula is C15H20ClN3O. The molecule has 2 aromatic rings. The second kappa shape index (κ2) is 6.29. The lowest BCUT2D eigenvalue weighted by Gasteiger charge is -2.16. The highest BCUT2D eigenvalue weighted by Gasteiger charge is 2.15. The Morgan fingerprint density at radius 2 is 2.10 bits per heavy atom. The minimum absolute atomic E-state index is 0.160. The number of nitrogens with zero attached hydrogens (tertiary/aromatic N) is 2. The summed E-state index contributed by atoms with van der Waals surface area (Å²) in [6, 6.07) is 8.04. The number of aryl methyl sites for hydroxylation is 2. The van der Waals surface area contributed by atoms with E-state index in [4.69, 9.17) is 16.3 Å². The van der Waals surface area contributed by atoms with Crippen molar-refractivity contribution >= 4 is 11.6 Å². The van der Waals surface area contributed by atoms with Crippen LogP contribution in [0.15, 0.2) is 24.3 Å². The van der Waals surface area contributed by atoms with Gasteiger partial charge in [-0.1, -0.05) is 29.8 Å². The lowest BCUT2D eigenvalue weighted by atomic mass is 10.1. The summed E-state index contributed by atoms with van der Waals surface area (Å²) in [5, 5.41) is 8.62. The van der Waals surface area contributed by atoms with E-state index in [-0.39, 0.29) is 6.04 Å². The third-order valence-electron chi connectivity index (χ3n) is 3.44. The maximum Gasteiger partial charge on any atom is 0.216 e. The molecule has 1 heterocycles. The minimum atomic E-state index is 0.160. The Morgan fingerprint density at radius 3 is 2.75 bits per heavy atom. The summed E-state index contributed by atoms with van der Waals surface area (Å²) in [4.78, 5) is 0. The van der Waals surface area contributed by atoms with Gasteiger partial charge < -0.3 is 10.1 Å². The van der Waals surface area contributed by atoms with E-state index in [1.807, 2.05) is 38.2 Å². The summed E-state index contributed by atoms with van der Waals surface area (Å²) >= 11 is 6.21. The molecule has 0 saturated heterocycles. The highest BCUT2D eigenvalue weighted by molar-refractivity contribution is 6.31. The number of nitrogens with one attached hydrogen (secondary N) is 1. The lowest BCUT2D eigenvalue weighted by molar-refractivity contribution is 0.367. The van der Waals surface area contributed by atoms with Gasteiger partial charge >= 0.3 is 0 Å². The van der Waals surface area contributed by atoms with E-state index in [1.165, 1.54) is 0 Å². The fraction of sp³-hybridized carbons (Fsp3) is 0.400. The third kappa shape index (κ3) is 2.97. The van der Waals surface area contributed by atoms with Gasteiger partial charge in [-0.25, -0.2) is 4.68 Å². The zero-order valence-corrected chi connectivity index (χ0v) is 13.0. The number of halogens is 1. The van der Waals surface area contributed by atoms with E-state index in [0.29, 0.717) is 6.54 Å². The quantitative estimate of drug-likeness (QED) is 0.920. The second-order valence-corrected chi connectivity index (χ2v) is 5.23. The Kier molecular flexibility index (Phi) is 4.68. The van der Waals surface area contributed by atoms with Gasteiger partial charge in [0.15, 0.2) is 0 Å². The zero-order valence-electron chi connectivity index (χ0n) is 12.3. The number of methoxy groups -OCH3 is 1. The number of hydrogen-bond donors (Lipinski definition) is 1. The van der Waals surface area contributed by atoms with Crippen molar-refractivity contribution in [2.24, 2.45) is 7.05 Å². The van der Waals surface area contributed by atoms with E-state index in [0.717, 1.165) is 27.7 Å². The summed E-state index contributed by atoms with van der Waals surface area (Å²) in [5.74, 6) is 0.793. The van der Waals surface area contributed by atoms with Gasteiger partial charge in [-0.15, -0.1) is 0 Å². The van der Waals surface area contributed by atoms with Crippen LogP contribution in [0.1, 0.15) is 29.8 Å². The van der Waals surface area contributed by atoms with E-state index < -0.39 is 0 Å². The van der Waals surface area contributed by atoms with Crippen molar-refractivity contribution in [3.05, 3.63) is 46.1 Å². The van der Waals surface area contributed by atoms with Crippen LogP contribution in [0.2, 0.25) is 5.02 Å². The Labute approximate surface area is 124 Å². The SMILES string of the molecule is COc1c(CN[C@@H](C)c2ccccc2Cl)c(C)nn1C. The van der Waals surface area contributed by atoms with Crippen molar-refractivity contribution in [3.8, 4) is 5.88 Å². The molecule has 0 aliphatic heterocycles. The normalized spacial score (nSPS) is 12.4. The molecule has 1 aromatic heterocycles. The van der Waals surface area contributed by atoms with Crippen LogP contribution in [0, 0.1) is 6.92 Å². The lowest BCUT2D eigenvalue weighted by Crippen LogP contribution is -2.19. The summed E-state index contributed by atoms with van der Waals surface area (Å²) in [5.41, 5.74) is 3.15. The first-order valence-electron chi connectivity index (χ1n) is 6.58. The van der Waals surface area contributed by atoms with Crippen LogP contribution >= 0.6 is 11.6 Å². The van der Waals surface area contributed by atoms with Crippen molar-refractivity contribution < 1.29 is 4.74 Å². The smallest absolute Gasteiger partial charge is 0.216 e. The maximum absolute atomic E-state index is 6.21. The minimum Gasteiger partial charge on any atom is -0.481 e. The monoisotopic (exact) mass is 293 g/mol. The Bertz CT molecular complexity index is 595. The molecule has 0 aliphatic rings. The highest BCUT2D eigenvalue weighted by Crippen LogP contribution is 2.25. The Morgan fingerprint density at radius 1 is 1.40 bits per heavy atom. The van der Waals surface area contributed by atoms with E-state index >= 15 is 0 Å². The van der Waals surface area contributed by atoms with Crippen LogP contribution < -0.4 is 10.1 Å². The first-order chi connectivity index (χ1) is 9.54. The van der Waals surface area contributed by atoms with Gasteiger partial charge in [0, 0.05) is 24.7 Å². The molecule has 0 radical (unpaired) electrons. The van der Waals surface area contributed by atoms with Gasteiger partial charge in [-0.2, -0.15) is 5.10 Å². The molecule has 5 heteroatoms. The molecule has 0 spiro atoms. The molecule has 1 atom stereocenters. The predicted molar refractivity (Wildman–Crippen MR) is 81.2 cm³/mol. The number of hydrogen-bond acceptors (Lipinski definition) is 3. The molecule has 4 nitrogen and oxygen atoms in total. The summed E-state index contributed by atoms with van der Waals surface area (Å²) in [7, 11) is 3.55. The summed E-state index contributed by atoms with van der Waals surface area (Å²) in [6.45, 7) is 4.77. The van der Waals surface area contributed by atoms with Gasteiger partial charge in [-0.3, -0.25) is 0 Å². The van der Waals surface area contributed by atoms with Gasteiger partial charge in [0.25, 0.3) is 0 Å². The number of ether oxygens (including phenoxy) is 1. The van der Waals surface area contributed by atoms with Crippen LogP contribution in [-0.4, -0.2) is 16.9 Å². The third-order valence-corrected chi connectivity index (χ3v) is 3.78. The fourth-order valence-corrected chi connectivity index (χ4v) is 2.63. The van der Waals surface area contributed by atoms with Crippen LogP contribution in [0.3, 0.4) is 0 Å². The Balaban J connectivity index is 2.11. The molecule has 0 saturated carbocycles. The standard InChI is InChI=1S/C15H20ClN3O/c1-10(12-7-5-6-8-14(12)16)17-9-13-11(2)18-19(3)15(13)20-4/h5-8,10,17H,9H2,1-4H3/t10-/m0/s1. The van der Waals surface area contributed by atoms with E-state index in [9.17, 15) is 0 Å². The van der Waals surface area contributed by atoms with Gasteiger partial charge in [0.1, 0.15) is 0 Å². The number of aromatic nitrogens is 2. The average Bonchev–Trinajstić information content (AvgIpc) is 2.70. The Hall–Kier alpha value is -1.52. The zero-order chi connectivity index (χ0) is 14.7. The van der Waals surface area contributed by atoms with Crippen molar-refractivity contribution in [1.82, 2.24) is 15.1 Å². The van der Waals surface area contributed by atoms with Crippen LogP contribution in [0.4, 0.5) is 0 Å². The molecule has 0 amide bonds. The average molecular weight is 294 g/mol. The molecule has 1 N–H and O–H groups in total. The number of rotatable bonds is 5. The molecule has 0 bridgehead atoms. The van der Waals surface area contributed by atoms with E-state index in [1.54, 1.807) is 11.8 Å². The van der Waals surface area contributed by atoms with Gasteiger partial charge in [-0.05, 0) is 25.5 Å². The summed E-state index contributed by atoms with van der Waals surface area (Å²) in [6.07, 6.45) is 0. The van der Waals surface area contributed by atoms with Crippen LogP contribution in [0.25, 0.3) is 0 Å². The van der Waals surface area contributed by atoms with E-state index in [2.05, 4.69) is 17.3 Å². The molecule has 20 heavy (non-hydrogen) atoms. The van der Waals surface area contributed by atoms with Gasteiger partial charge in [0.05, 0.1) is 18.4 Å². The highest BCUT2D eigenvalue weighted by atomic mass is 35.5. The number of benzene rings is 1. The summed E-state index contributed by atoms with van der Waals surface area (Å²) < 4.78 is 7.15. The largest absolute Gasteiger partial charge is 0.481 e.